The summed E-state index contributed by atoms with van der Waals surface area (Å²) in [5.41, 5.74) is 11.3. The molecule has 0 aliphatic carbocycles. The van der Waals surface area contributed by atoms with Crippen molar-refractivity contribution in [1.29, 1.82) is 0 Å². The molecule has 4 rings (SSSR count). The zero-order chi connectivity index (χ0) is 17.4. The van der Waals surface area contributed by atoms with Gasteiger partial charge in [-0.3, -0.25) is 0 Å². The molecule has 2 nitrogen and oxygen atoms in total. The first-order valence-electron chi connectivity index (χ1n) is 7.83. The molecule has 0 aliphatic rings. The standard InChI is InChI=1S/C21H14Cl2N2.ClH/c22-14-8-9-20-18(11-14)17(16-6-1-2-7-19(16)23)12-21(25-20)13-4-3-5-15(24)10-13;/h1-12H,24H2;1H. The van der Waals surface area contributed by atoms with Gasteiger partial charge in [0.2, 0.25) is 0 Å². The molecule has 0 amide bonds. The molecule has 4 aromatic rings. The number of halogens is 3. The van der Waals surface area contributed by atoms with Gasteiger partial charge in [-0.05, 0) is 48.0 Å². The minimum absolute atomic E-state index is 0. The average molecular weight is 402 g/mol. The van der Waals surface area contributed by atoms with E-state index in [1.54, 1.807) is 0 Å². The maximum Gasteiger partial charge on any atom is 0.0716 e. The lowest BCUT2D eigenvalue weighted by atomic mass is 9.98. The third-order valence-electron chi connectivity index (χ3n) is 4.12. The molecule has 0 spiro atoms. The van der Waals surface area contributed by atoms with Crippen molar-refractivity contribution >= 4 is 52.2 Å². The third-order valence-corrected chi connectivity index (χ3v) is 4.68. The van der Waals surface area contributed by atoms with Crippen molar-refractivity contribution in [3.8, 4) is 22.4 Å². The number of hydrogen-bond acceptors (Lipinski definition) is 2. The molecule has 0 aliphatic heterocycles. The van der Waals surface area contributed by atoms with E-state index in [-0.39, 0.29) is 12.4 Å². The molecule has 0 radical (unpaired) electrons. The summed E-state index contributed by atoms with van der Waals surface area (Å²) in [4.78, 5) is 4.79. The van der Waals surface area contributed by atoms with Gasteiger partial charge in [0, 0.05) is 32.2 Å². The predicted molar refractivity (Wildman–Crippen MR) is 114 cm³/mol. The van der Waals surface area contributed by atoms with Gasteiger partial charge in [-0.1, -0.05) is 53.5 Å². The lowest BCUT2D eigenvalue weighted by Crippen LogP contribution is -1.92. The normalized spacial score (nSPS) is 10.5. The summed E-state index contributed by atoms with van der Waals surface area (Å²) in [7, 11) is 0. The summed E-state index contributed by atoms with van der Waals surface area (Å²) < 4.78 is 0. The zero-order valence-electron chi connectivity index (χ0n) is 13.6. The third kappa shape index (κ3) is 3.49. The molecule has 1 heterocycles. The van der Waals surface area contributed by atoms with Gasteiger partial charge in [0.1, 0.15) is 0 Å². The molecular weight excluding hydrogens is 387 g/mol. The van der Waals surface area contributed by atoms with Crippen LogP contribution in [0.3, 0.4) is 0 Å². The molecule has 0 atom stereocenters. The topological polar surface area (TPSA) is 38.9 Å². The highest BCUT2D eigenvalue weighted by Crippen LogP contribution is 2.36. The van der Waals surface area contributed by atoms with Crippen molar-refractivity contribution < 1.29 is 0 Å². The van der Waals surface area contributed by atoms with E-state index >= 15 is 0 Å². The second kappa shape index (κ2) is 7.55. The SMILES string of the molecule is Cl.Nc1cccc(-c2cc(-c3ccccc3Cl)c3cc(Cl)ccc3n2)c1. The van der Waals surface area contributed by atoms with E-state index in [1.165, 1.54) is 0 Å². The maximum atomic E-state index is 6.45. The Labute approximate surface area is 168 Å². The van der Waals surface area contributed by atoms with Crippen LogP contribution in [-0.4, -0.2) is 4.98 Å². The Morgan fingerprint density at radius 3 is 2.35 bits per heavy atom. The van der Waals surface area contributed by atoms with Crippen molar-refractivity contribution in [1.82, 2.24) is 4.98 Å². The van der Waals surface area contributed by atoms with Crippen LogP contribution >= 0.6 is 35.6 Å². The van der Waals surface area contributed by atoms with Crippen molar-refractivity contribution in [3.63, 3.8) is 0 Å². The Kier molecular flexibility index (Phi) is 5.38. The van der Waals surface area contributed by atoms with E-state index < -0.39 is 0 Å². The molecule has 26 heavy (non-hydrogen) atoms. The van der Waals surface area contributed by atoms with Crippen molar-refractivity contribution in [2.24, 2.45) is 0 Å². The Balaban J connectivity index is 0.00000196. The number of nitrogens with two attached hydrogens (primary N) is 1. The second-order valence-electron chi connectivity index (χ2n) is 5.82. The smallest absolute Gasteiger partial charge is 0.0716 e. The largest absolute Gasteiger partial charge is 0.399 e. The molecule has 0 unspecified atom stereocenters. The van der Waals surface area contributed by atoms with Crippen LogP contribution in [0.15, 0.2) is 72.8 Å². The Hall–Kier alpha value is -2.26. The predicted octanol–water partition coefficient (Wildman–Crippen LogP) is 6.88. The fourth-order valence-corrected chi connectivity index (χ4v) is 3.36. The molecule has 5 heteroatoms. The van der Waals surface area contributed by atoms with E-state index in [4.69, 9.17) is 33.9 Å². The van der Waals surface area contributed by atoms with Crippen LogP contribution in [0.4, 0.5) is 5.69 Å². The van der Waals surface area contributed by atoms with E-state index in [0.717, 1.165) is 33.3 Å². The van der Waals surface area contributed by atoms with Crippen molar-refractivity contribution in [3.05, 3.63) is 82.8 Å². The average Bonchev–Trinajstić information content (AvgIpc) is 2.61. The molecule has 130 valence electrons. The number of aromatic nitrogens is 1. The van der Waals surface area contributed by atoms with E-state index in [0.29, 0.717) is 15.7 Å². The number of nitrogens with zero attached hydrogens (tertiary/aromatic N) is 1. The number of pyridine rings is 1. The number of anilines is 1. The lowest BCUT2D eigenvalue weighted by Gasteiger charge is -2.12. The second-order valence-corrected chi connectivity index (χ2v) is 6.67. The Morgan fingerprint density at radius 1 is 0.769 bits per heavy atom. The first kappa shape index (κ1) is 18.5. The van der Waals surface area contributed by atoms with E-state index in [1.807, 2.05) is 72.8 Å². The highest BCUT2D eigenvalue weighted by atomic mass is 35.5. The van der Waals surface area contributed by atoms with Gasteiger partial charge in [0.25, 0.3) is 0 Å². The lowest BCUT2D eigenvalue weighted by molar-refractivity contribution is 1.40. The molecule has 2 N–H and O–H groups in total. The quantitative estimate of drug-likeness (QED) is 0.372. The molecule has 1 aromatic heterocycles. The van der Waals surface area contributed by atoms with Gasteiger partial charge in [-0.2, -0.15) is 0 Å². The van der Waals surface area contributed by atoms with E-state index in [2.05, 4.69) is 0 Å². The first-order chi connectivity index (χ1) is 12.1. The molecule has 0 saturated carbocycles. The monoisotopic (exact) mass is 400 g/mol. The van der Waals surface area contributed by atoms with Gasteiger partial charge in [0.15, 0.2) is 0 Å². The maximum absolute atomic E-state index is 6.45. The number of hydrogen-bond donors (Lipinski definition) is 1. The summed E-state index contributed by atoms with van der Waals surface area (Å²) >= 11 is 12.7. The van der Waals surface area contributed by atoms with Crippen molar-refractivity contribution in [2.45, 2.75) is 0 Å². The number of fused-ring (bicyclic) bond motifs is 1. The molecule has 0 bridgehead atoms. The van der Waals surface area contributed by atoms with Crippen LogP contribution in [0.5, 0.6) is 0 Å². The first-order valence-corrected chi connectivity index (χ1v) is 8.58. The molecule has 3 aromatic carbocycles. The van der Waals surface area contributed by atoms with Gasteiger partial charge in [-0.15, -0.1) is 12.4 Å². The summed E-state index contributed by atoms with van der Waals surface area (Å²) in [5.74, 6) is 0. The van der Waals surface area contributed by atoms with Gasteiger partial charge >= 0.3 is 0 Å². The molecule has 0 fully saturated rings. The highest BCUT2D eigenvalue weighted by molar-refractivity contribution is 6.34. The Morgan fingerprint density at radius 2 is 1.58 bits per heavy atom. The summed E-state index contributed by atoms with van der Waals surface area (Å²) in [6, 6.07) is 23.2. The zero-order valence-corrected chi connectivity index (χ0v) is 15.9. The van der Waals surface area contributed by atoms with Crippen LogP contribution in [0.2, 0.25) is 10.0 Å². The molecular formula is C21H15Cl3N2. The van der Waals surface area contributed by atoms with Crippen molar-refractivity contribution in [2.75, 3.05) is 5.73 Å². The fourth-order valence-electron chi connectivity index (χ4n) is 2.95. The highest BCUT2D eigenvalue weighted by Gasteiger charge is 2.12. The van der Waals surface area contributed by atoms with Gasteiger partial charge < -0.3 is 5.73 Å². The van der Waals surface area contributed by atoms with Gasteiger partial charge in [0.05, 0.1) is 11.2 Å². The minimum Gasteiger partial charge on any atom is -0.399 e. The minimum atomic E-state index is 0. The summed E-state index contributed by atoms with van der Waals surface area (Å²) in [6.45, 7) is 0. The van der Waals surface area contributed by atoms with E-state index in [9.17, 15) is 0 Å². The number of nitrogen functional groups attached to an aromatic ring is 1. The van der Waals surface area contributed by atoms with Crippen LogP contribution < -0.4 is 5.73 Å². The Bertz CT molecular complexity index is 1090. The fraction of sp³-hybridized carbons (Fsp3) is 0. The van der Waals surface area contributed by atoms with Gasteiger partial charge in [-0.25, -0.2) is 4.98 Å². The summed E-state index contributed by atoms with van der Waals surface area (Å²) in [5, 5.41) is 2.32. The summed E-state index contributed by atoms with van der Waals surface area (Å²) in [6.07, 6.45) is 0. The molecule has 0 saturated heterocycles. The number of benzene rings is 3. The van der Waals surface area contributed by atoms with Crippen LogP contribution in [0, 0.1) is 0 Å². The van der Waals surface area contributed by atoms with Crippen LogP contribution in [0.25, 0.3) is 33.3 Å². The van der Waals surface area contributed by atoms with Crippen LogP contribution in [-0.2, 0) is 0 Å². The number of rotatable bonds is 2. The van der Waals surface area contributed by atoms with Crippen LogP contribution in [0.1, 0.15) is 0 Å².